The van der Waals surface area contributed by atoms with Crippen molar-refractivity contribution in [1.29, 1.82) is 0 Å². The summed E-state index contributed by atoms with van der Waals surface area (Å²) in [5, 5.41) is 10.1. The van der Waals surface area contributed by atoms with Crippen LogP contribution in [0.25, 0.3) is 0 Å². The molecule has 0 bridgehead atoms. The Kier molecular flexibility index (Phi) is 3.92. The first-order valence-electron chi connectivity index (χ1n) is 5.91. The molecule has 0 radical (unpaired) electrons. The lowest BCUT2D eigenvalue weighted by Crippen LogP contribution is -2.30. The second-order valence-corrected chi connectivity index (χ2v) is 4.73. The second-order valence-electron chi connectivity index (χ2n) is 4.73. The highest BCUT2D eigenvalue weighted by atomic mass is 19.1. The topological polar surface area (TPSA) is 29.5 Å². The molecule has 18 heavy (non-hydrogen) atoms. The summed E-state index contributed by atoms with van der Waals surface area (Å²) in [7, 11) is 0. The number of rotatable bonds is 2. The highest BCUT2D eigenvalue weighted by Gasteiger charge is 2.32. The lowest BCUT2D eigenvalue weighted by atomic mass is 9.82. The number of benzene rings is 1. The predicted octanol–water partition coefficient (Wildman–Crippen LogP) is 2.81. The molecule has 2 nitrogen and oxygen atoms in total. The van der Waals surface area contributed by atoms with E-state index in [1.54, 1.807) is 0 Å². The van der Waals surface area contributed by atoms with Gasteiger partial charge in [-0.2, -0.15) is 0 Å². The van der Waals surface area contributed by atoms with Crippen molar-refractivity contribution in [2.45, 2.75) is 19.4 Å². The first-order valence-corrected chi connectivity index (χ1v) is 5.91. The van der Waals surface area contributed by atoms with Crippen molar-refractivity contribution in [2.75, 3.05) is 13.2 Å². The van der Waals surface area contributed by atoms with Crippen molar-refractivity contribution >= 4 is 0 Å². The average molecular weight is 260 g/mol. The van der Waals surface area contributed by atoms with Crippen LogP contribution in [0.4, 0.5) is 13.2 Å². The molecule has 5 heteroatoms. The molecule has 0 saturated carbocycles. The van der Waals surface area contributed by atoms with Crippen LogP contribution in [0.1, 0.15) is 25.0 Å². The Morgan fingerprint density at radius 3 is 2.44 bits per heavy atom. The van der Waals surface area contributed by atoms with Gasteiger partial charge in [0.15, 0.2) is 0 Å². The zero-order valence-corrected chi connectivity index (χ0v) is 10.00. The maximum Gasteiger partial charge on any atom is 0.134 e. The third kappa shape index (κ3) is 2.52. The first kappa shape index (κ1) is 13.4. The molecule has 0 aliphatic carbocycles. The minimum absolute atomic E-state index is 0.00222. The fourth-order valence-electron chi connectivity index (χ4n) is 2.42. The number of ether oxygens (including phenoxy) is 1. The Balaban J connectivity index is 2.30. The van der Waals surface area contributed by atoms with E-state index in [0.717, 1.165) is 0 Å². The third-order valence-corrected chi connectivity index (χ3v) is 3.45. The van der Waals surface area contributed by atoms with Crippen molar-refractivity contribution < 1.29 is 23.0 Å². The van der Waals surface area contributed by atoms with Crippen molar-refractivity contribution in [1.82, 2.24) is 0 Å². The van der Waals surface area contributed by atoms with Gasteiger partial charge in [-0.1, -0.05) is 6.92 Å². The third-order valence-electron chi connectivity index (χ3n) is 3.45. The van der Waals surface area contributed by atoms with Gasteiger partial charge in [-0.15, -0.1) is 0 Å². The van der Waals surface area contributed by atoms with E-state index < -0.39 is 29.1 Å². The summed E-state index contributed by atoms with van der Waals surface area (Å²) in [6.45, 7) is 2.76. The molecule has 0 spiro atoms. The SMILES string of the molecule is CC1COCCC1C(O)c1c(F)cc(F)cc1F. The van der Waals surface area contributed by atoms with Gasteiger partial charge >= 0.3 is 0 Å². The number of halogens is 3. The summed E-state index contributed by atoms with van der Waals surface area (Å²) >= 11 is 0. The zero-order valence-electron chi connectivity index (χ0n) is 10.00. The minimum Gasteiger partial charge on any atom is -0.388 e. The van der Waals surface area contributed by atoms with E-state index in [1.165, 1.54) is 0 Å². The largest absolute Gasteiger partial charge is 0.388 e. The summed E-state index contributed by atoms with van der Waals surface area (Å²) in [5.74, 6) is -3.36. The fourth-order valence-corrected chi connectivity index (χ4v) is 2.42. The molecule has 3 unspecified atom stereocenters. The van der Waals surface area contributed by atoms with Crippen LogP contribution in [0, 0.1) is 29.3 Å². The van der Waals surface area contributed by atoms with Crippen LogP contribution >= 0.6 is 0 Å². The maximum absolute atomic E-state index is 13.6. The van der Waals surface area contributed by atoms with Gasteiger partial charge in [0.25, 0.3) is 0 Å². The Labute approximate surface area is 103 Å². The van der Waals surface area contributed by atoms with E-state index in [1.807, 2.05) is 6.92 Å². The molecule has 1 aromatic carbocycles. The molecule has 0 aromatic heterocycles. The van der Waals surface area contributed by atoms with Crippen molar-refractivity contribution in [3.63, 3.8) is 0 Å². The number of aliphatic hydroxyl groups is 1. The number of aliphatic hydroxyl groups excluding tert-OH is 1. The molecular weight excluding hydrogens is 245 g/mol. The van der Waals surface area contributed by atoms with Crippen molar-refractivity contribution in [2.24, 2.45) is 11.8 Å². The van der Waals surface area contributed by atoms with Gasteiger partial charge in [-0.05, 0) is 18.3 Å². The van der Waals surface area contributed by atoms with Crippen LogP contribution in [-0.4, -0.2) is 18.3 Å². The summed E-state index contributed by atoms with van der Waals surface area (Å²) < 4.78 is 45.2. The van der Waals surface area contributed by atoms with Crippen molar-refractivity contribution in [3.05, 3.63) is 35.1 Å². The van der Waals surface area contributed by atoms with Gasteiger partial charge in [0.2, 0.25) is 0 Å². The summed E-state index contributed by atoms with van der Waals surface area (Å²) in [4.78, 5) is 0. The monoisotopic (exact) mass is 260 g/mol. The highest BCUT2D eigenvalue weighted by Crippen LogP contribution is 2.36. The Bertz CT molecular complexity index is 413. The highest BCUT2D eigenvalue weighted by molar-refractivity contribution is 5.24. The molecule has 100 valence electrons. The Morgan fingerprint density at radius 2 is 1.89 bits per heavy atom. The van der Waals surface area contributed by atoms with Crippen molar-refractivity contribution in [3.8, 4) is 0 Å². The van der Waals surface area contributed by atoms with Crippen LogP contribution in [0.2, 0.25) is 0 Å². The molecule has 1 aliphatic heterocycles. The molecule has 2 rings (SSSR count). The molecule has 1 saturated heterocycles. The van der Waals surface area contributed by atoms with Gasteiger partial charge in [0, 0.05) is 25.3 Å². The van der Waals surface area contributed by atoms with Crippen LogP contribution in [0.3, 0.4) is 0 Å². The summed E-state index contributed by atoms with van der Waals surface area (Å²) in [6.07, 6.45) is -0.747. The minimum atomic E-state index is -1.27. The number of hydrogen-bond donors (Lipinski definition) is 1. The van der Waals surface area contributed by atoms with Gasteiger partial charge in [-0.25, -0.2) is 13.2 Å². The fraction of sp³-hybridized carbons (Fsp3) is 0.538. The smallest absolute Gasteiger partial charge is 0.134 e. The summed E-state index contributed by atoms with van der Waals surface area (Å²) in [5.41, 5.74) is -0.449. The van der Waals surface area contributed by atoms with E-state index in [9.17, 15) is 18.3 Å². The Hall–Kier alpha value is -1.07. The van der Waals surface area contributed by atoms with Gasteiger partial charge in [-0.3, -0.25) is 0 Å². The van der Waals surface area contributed by atoms with Gasteiger partial charge in [0.05, 0.1) is 11.7 Å². The van der Waals surface area contributed by atoms with Crippen LogP contribution in [-0.2, 0) is 4.74 Å². The predicted molar refractivity (Wildman–Crippen MR) is 59.4 cm³/mol. The molecular formula is C13H15F3O2. The normalized spacial score (nSPS) is 26.1. The first-order chi connectivity index (χ1) is 8.50. The standard InChI is InChI=1S/C13H15F3O2/c1-7-6-18-3-2-9(7)13(17)12-10(15)4-8(14)5-11(12)16/h4-5,7,9,13,17H,2-3,6H2,1H3. The van der Waals surface area contributed by atoms with Gasteiger partial charge < -0.3 is 9.84 Å². The van der Waals surface area contributed by atoms with Crippen LogP contribution < -0.4 is 0 Å². The lowest BCUT2D eigenvalue weighted by Gasteiger charge is -2.32. The van der Waals surface area contributed by atoms with Gasteiger partial charge in [0.1, 0.15) is 17.5 Å². The molecule has 0 amide bonds. The molecule has 1 fully saturated rings. The van der Waals surface area contributed by atoms with Crippen LogP contribution in [0.15, 0.2) is 12.1 Å². The maximum atomic E-state index is 13.6. The average Bonchev–Trinajstić information content (AvgIpc) is 2.27. The van der Waals surface area contributed by atoms with E-state index in [4.69, 9.17) is 4.74 Å². The lowest BCUT2D eigenvalue weighted by molar-refractivity contribution is -0.0331. The quantitative estimate of drug-likeness (QED) is 0.886. The summed E-state index contributed by atoms with van der Waals surface area (Å²) in [6, 6.07) is 1.18. The Morgan fingerprint density at radius 1 is 1.28 bits per heavy atom. The number of hydrogen-bond acceptors (Lipinski definition) is 2. The molecule has 1 aliphatic rings. The van der Waals surface area contributed by atoms with E-state index in [-0.39, 0.29) is 11.8 Å². The molecule has 1 N–H and O–H groups in total. The molecule has 1 aromatic rings. The molecule has 3 atom stereocenters. The van der Waals surface area contributed by atoms with E-state index in [2.05, 4.69) is 0 Å². The molecule has 1 heterocycles. The zero-order chi connectivity index (χ0) is 13.3. The van der Waals surface area contributed by atoms with E-state index in [0.29, 0.717) is 31.8 Å². The van der Waals surface area contributed by atoms with Crippen LogP contribution in [0.5, 0.6) is 0 Å². The second kappa shape index (κ2) is 5.28. The van der Waals surface area contributed by atoms with E-state index >= 15 is 0 Å².